The normalized spacial score (nSPS) is 16.5. The summed E-state index contributed by atoms with van der Waals surface area (Å²) in [6.45, 7) is 0.163. The molecule has 112 valence electrons. The molecular weight excluding hydrogens is 348 g/mol. The lowest BCUT2D eigenvalue weighted by atomic mass is 10.2. The molecule has 0 aromatic heterocycles. The first-order valence-corrected chi connectivity index (χ1v) is 7.48. The molecule has 1 atom stereocenters. The lowest BCUT2D eigenvalue weighted by Crippen LogP contribution is -2.42. The second-order valence-electron chi connectivity index (χ2n) is 4.65. The van der Waals surface area contributed by atoms with Gasteiger partial charge in [0.2, 0.25) is 6.10 Å². The van der Waals surface area contributed by atoms with Gasteiger partial charge in [0.25, 0.3) is 5.91 Å². The minimum absolute atomic E-state index is 0.163. The van der Waals surface area contributed by atoms with Crippen molar-refractivity contribution >= 4 is 28.1 Å². The van der Waals surface area contributed by atoms with Crippen LogP contribution in [0.5, 0.6) is 11.5 Å². The largest absolute Gasteiger partial charge is 0.485 e. The minimum Gasteiger partial charge on any atom is -0.485 e. The Morgan fingerprint density at radius 1 is 1.18 bits per heavy atom. The lowest BCUT2D eigenvalue weighted by molar-refractivity contribution is -0.130. The van der Waals surface area contributed by atoms with E-state index in [1.54, 1.807) is 18.3 Å². The second kappa shape index (κ2) is 6.62. The molecule has 0 saturated heterocycles. The number of amides is 1. The SMILES string of the molecule is O=C(N/N=C/c1ccc(Br)cc1)C1COc2ccccc2O1. The number of hydrogen-bond donors (Lipinski definition) is 1. The molecule has 1 amide bonds. The molecule has 5 nitrogen and oxygen atoms in total. The number of hydrazone groups is 1. The van der Waals surface area contributed by atoms with Gasteiger partial charge in [-0.25, -0.2) is 5.43 Å². The first kappa shape index (κ1) is 14.6. The topological polar surface area (TPSA) is 59.9 Å². The van der Waals surface area contributed by atoms with E-state index in [0.717, 1.165) is 10.0 Å². The van der Waals surface area contributed by atoms with E-state index in [1.165, 1.54) is 0 Å². The Morgan fingerprint density at radius 2 is 1.91 bits per heavy atom. The first-order valence-electron chi connectivity index (χ1n) is 6.69. The third kappa shape index (κ3) is 3.46. The maximum absolute atomic E-state index is 12.0. The van der Waals surface area contributed by atoms with Crippen molar-refractivity contribution in [2.45, 2.75) is 6.10 Å². The third-order valence-corrected chi connectivity index (χ3v) is 3.59. The molecular formula is C16H13BrN2O3. The molecule has 22 heavy (non-hydrogen) atoms. The van der Waals surface area contributed by atoms with Crippen LogP contribution in [0.25, 0.3) is 0 Å². The fraction of sp³-hybridized carbons (Fsp3) is 0.125. The fourth-order valence-corrected chi connectivity index (χ4v) is 2.20. The van der Waals surface area contributed by atoms with Gasteiger partial charge in [-0.05, 0) is 29.8 Å². The van der Waals surface area contributed by atoms with Crippen molar-refractivity contribution in [3.8, 4) is 11.5 Å². The summed E-state index contributed by atoms with van der Waals surface area (Å²) >= 11 is 3.36. The smallest absolute Gasteiger partial charge is 0.284 e. The van der Waals surface area contributed by atoms with Gasteiger partial charge in [0.1, 0.15) is 6.61 Å². The van der Waals surface area contributed by atoms with Gasteiger partial charge in [0, 0.05) is 4.47 Å². The molecule has 1 aliphatic rings. The number of benzene rings is 2. The van der Waals surface area contributed by atoms with E-state index in [0.29, 0.717) is 11.5 Å². The highest BCUT2D eigenvalue weighted by molar-refractivity contribution is 9.10. The van der Waals surface area contributed by atoms with Crippen LogP contribution >= 0.6 is 15.9 Å². The van der Waals surface area contributed by atoms with Crippen LogP contribution in [0, 0.1) is 0 Å². The Hall–Kier alpha value is -2.34. The van der Waals surface area contributed by atoms with E-state index in [9.17, 15) is 4.79 Å². The predicted molar refractivity (Wildman–Crippen MR) is 86.2 cm³/mol. The number of nitrogens with zero attached hydrogens (tertiary/aromatic N) is 1. The number of hydrogen-bond acceptors (Lipinski definition) is 4. The molecule has 1 heterocycles. The summed E-state index contributed by atoms with van der Waals surface area (Å²) in [5, 5.41) is 3.93. The number of rotatable bonds is 3. The van der Waals surface area contributed by atoms with Crippen LogP contribution in [-0.4, -0.2) is 24.8 Å². The Morgan fingerprint density at radius 3 is 2.68 bits per heavy atom. The zero-order valence-corrected chi connectivity index (χ0v) is 13.1. The molecule has 0 aliphatic carbocycles. The molecule has 0 saturated carbocycles. The Balaban J connectivity index is 1.58. The van der Waals surface area contributed by atoms with Crippen LogP contribution in [0.1, 0.15) is 5.56 Å². The van der Waals surface area contributed by atoms with Crippen LogP contribution < -0.4 is 14.9 Å². The van der Waals surface area contributed by atoms with Crippen LogP contribution in [0.4, 0.5) is 0 Å². The predicted octanol–water partition coefficient (Wildman–Crippen LogP) is 2.74. The van der Waals surface area contributed by atoms with Gasteiger partial charge in [-0.2, -0.15) is 5.10 Å². The standard InChI is InChI=1S/C16H13BrN2O3/c17-12-7-5-11(6-8-12)9-18-19-16(20)15-10-21-13-3-1-2-4-14(13)22-15/h1-9,15H,10H2,(H,19,20)/b18-9+. The molecule has 3 rings (SSSR count). The van der Waals surface area contributed by atoms with Gasteiger partial charge in [-0.15, -0.1) is 0 Å². The molecule has 1 aliphatic heterocycles. The second-order valence-corrected chi connectivity index (χ2v) is 5.57. The maximum atomic E-state index is 12.0. The monoisotopic (exact) mass is 360 g/mol. The summed E-state index contributed by atoms with van der Waals surface area (Å²) in [7, 11) is 0. The molecule has 6 heteroatoms. The molecule has 0 fully saturated rings. The number of ether oxygens (including phenoxy) is 2. The molecule has 0 radical (unpaired) electrons. The quantitative estimate of drug-likeness (QED) is 0.676. The number of fused-ring (bicyclic) bond motifs is 1. The van der Waals surface area contributed by atoms with Gasteiger partial charge >= 0.3 is 0 Å². The van der Waals surface area contributed by atoms with E-state index >= 15 is 0 Å². The zero-order chi connectivity index (χ0) is 15.4. The fourth-order valence-electron chi connectivity index (χ4n) is 1.94. The van der Waals surface area contributed by atoms with Gasteiger partial charge in [0.15, 0.2) is 11.5 Å². The van der Waals surface area contributed by atoms with Crippen LogP contribution in [-0.2, 0) is 4.79 Å². The summed E-state index contributed by atoms with van der Waals surface area (Å²) in [5.41, 5.74) is 3.34. The summed E-state index contributed by atoms with van der Waals surface area (Å²) in [4.78, 5) is 12.0. The Kier molecular flexibility index (Phi) is 4.39. The van der Waals surface area contributed by atoms with E-state index in [4.69, 9.17) is 9.47 Å². The van der Waals surface area contributed by atoms with E-state index in [-0.39, 0.29) is 12.5 Å². The van der Waals surface area contributed by atoms with Crippen molar-refractivity contribution < 1.29 is 14.3 Å². The van der Waals surface area contributed by atoms with Crippen molar-refractivity contribution in [3.63, 3.8) is 0 Å². The molecule has 2 aromatic carbocycles. The highest BCUT2D eigenvalue weighted by atomic mass is 79.9. The molecule has 1 unspecified atom stereocenters. The number of carbonyl (C=O) groups is 1. The number of halogens is 1. The van der Waals surface area contributed by atoms with Crippen molar-refractivity contribution in [2.75, 3.05) is 6.61 Å². The highest BCUT2D eigenvalue weighted by Gasteiger charge is 2.26. The molecule has 0 spiro atoms. The van der Waals surface area contributed by atoms with Crippen LogP contribution in [0.3, 0.4) is 0 Å². The van der Waals surface area contributed by atoms with Gasteiger partial charge in [0.05, 0.1) is 6.21 Å². The summed E-state index contributed by atoms with van der Waals surface area (Å²) in [6.07, 6.45) is 0.860. The zero-order valence-electron chi connectivity index (χ0n) is 11.5. The Labute approximate surface area is 136 Å². The molecule has 0 bridgehead atoms. The minimum atomic E-state index is -0.711. The summed E-state index contributed by atoms with van der Waals surface area (Å²) in [5.74, 6) is 0.860. The number of para-hydroxylation sites is 2. The van der Waals surface area contributed by atoms with Gasteiger partial charge in [-0.1, -0.05) is 40.2 Å². The van der Waals surface area contributed by atoms with Crippen LogP contribution in [0.15, 0.2) is 58.1 Å². The lowest BCUT2D eigenvalue weighted by Gasteiger charge is -2.24. The number of carbonyl (C=O) groups excluding carboxylic acids is 1. The highest BCUT2D eigenvalue weighted by Crippen LogP contribution is 2.30. The maximum Gasteiger partial charge on any atom is 0.284 e. The van der Waals surface area contributed by atoms with Gasteiger partial charge < -0.3 is 9.47 Å². The molecule has 1 N–H and O–H groups in total. The first-order chi connectivity index (χ1) is 10.7. The third-order valence-electron chi connectivity index (χ3n) is 3.06. The number of nitrogens with one attached hydrogen (secondary N) is 1. The van der Waals surface area contributed by atoms with Crippen molar-refractivity contribution in [2.24, 2.45) is 5.10 Å². The van der Waals surface area contributed by atoms with E-state index in [1.807, 2.05) is 36.4 Å². The van der Waals surface area contributed by atoms with Gasteiger partial charge in [-0.3, -0.25) is 4.79 Å². The van der Waals surface area contributed by atoms with E-state index in [2.05, 4.69) is 26.5 Å². The average molecular weight is 361 g/mol. The van der Waals surface area contributed by atoms with Crippen molar-refractivity contribution in [1.82, 2.24) is 5.43 Å². The summed E-state index contributed by atoms with van der Waals surface area (Å²) in [6, 6.07) is 14.8. The Bertz CT molecular complexity index is 701. The van der Waals surface area contributed by atoms with Crippen LogP contribution in [0.2, 0.25) is 0 Å². The summed E-state index contributed by atoms with van der Waals surface area (Å²) < 4.78 is 12.1. The van der Waals surface area contributed by atoms with E-state index < -0.39 is 6.10 Å². The molecule has 2 aromatic rings. The van der Waals surface area contributed by atoms with Crippen molar-refractivity contribution in [3.05, 3.63) is 58.6 Å². The van der Waals surface area contributed by atoms with Crippen molar-refractivity contribution in [1.29, 1.82) is 0 Å². The average Bonchev–Trinajstić information content (AvgIpc) is 2.56.